The molecule has 0 spiro atoms. The highest BCUT2D eigenvalue weighted by molar-refractivity contribution is 7.99. The molecule has 120 valence electrons. The monoisotopic (exact) mass is 322 g/mol. The van der Waals surface area contributed by atoms with Crippen LogP contribution in [-0.4, -0.2) is 30.7 Å². The fourth-order valence-corrected chi connectivity index (χ4v) is 3.27. The average molecular weight is 322 g/mol. The number of ether oxygens (including phenoxy) is 3. The molecular weight excluding hydrogens is 300 g/mol. The Bertz CT molecular complexity index is 501. The van der Waals surface area contributed by atoms with Gasteiger partial charge in [0.1, 0.15) is 0 Å². The van der Waals surface area contributed by atoms with Gasteiger partial charge in [-0.05, 0) is 25.5 Å². The first-order chi connectivity index (χ1) is 10.7. The zero-order chi connectivity index (χ0) is 15.8. The van der Waals surface area contributed by atoms with Crippen LogP contribution in [0.1, 0.15) is 25.8 Å². The molecule has 0 N–H and O–H groups in total. The van der Waals surface area contributed by atoms with E-state index in [4.69, 9.17) is 14.2 Å². The van der Waals surface area contributed by atoms with Crippen molar-refractivity contribution >= 4 is 17.7 Å². The zero-order valence-electron chi connectivity index (χ0n) is 13.0. The van der Waals surface area contributed by atoms with Gasteiger partial charge in [-0.15, -0.1) is 11.8 Å². The number of hydrogen-bond donors (Lipinski definition) is 0. The van der Waals surface area contributed by atoms with E-state index in [0.717, 1.165) is 12.2 Å². The molecule has 5 heteroatoms. The van der Waals surface area contributed by atoms with E-state index >= 15 is 0 Å². The summed E-state index contributed by atoms with van der Waals surface area (Å²) in [7, 11) is 0. The van der Waals surface area contributed by atoms with Crippen molar-refractivity contribution in [3.05, 3.63) is 47.7 Å². The molecule has 1 aliphatic heterocycles. The molecule has 22 heavy (non-hydrogen) atoms. The van der Waals surface area contributed by atoms with Crippen molar-refractivity contribution in [1.29, 1.82) is 0 Å². The van der Waals surface area contributed by atoms with E-state index in [1.807, 2.05) is 31.2 Å². The Balaban J connectivity index is 2.00. The van der Waals surface area contributed by atoms with Crippen molar-refractivity contribution in [2.24, 2.45) is 0 Å². The van der Waals surface area contributed by atoms with E-state index in [9.17, 15) is 4.79 Å². The maximum absolute atomic E-state index is 11.9. The summed E-state index contributed by atoms with van der Waals surface area (Å²) in [6.45, 7) is 4.58. The summed E-state index contributed by atoms with van der Waals surface area (Å²) >= 11 is 1.78. The number of esters is 1. The number of carbonyl (C=O) groups excluding carboxylic acids is 1. The molecule has 2 atom stereocenters. The van der Waals surface area contributed by atoms with Gasteiger partial charge in [-0.25, -0.2) is 4.79 Å². The quantitative estimate of drug-likeness (QED) is 0.719. The lowest BCUT2D eigenvalue weighted by Crippen LogP contribution is -2.29. The predicted molar refractivity (Wildman–Crippen MR) is 87.4 cm³/mol. The molecule has 0 bridgehead atoms. The predicted octanol–water partition coefficient (Wildman–Crippen LogP) is 3.52. The van der Waals surface area contributed by atoms with E-state index in [0.29, 0.717) is 13.2 Å². The molecule has 0 fully saturated rings. The van der Waals surface area contributed by atoms with Crippen molar-refractivity contribution in [1.82, 2.24) is 0 Å². The van der Waals surface area contributed by atoms with Gasteiger partial charge in [-0.3, -0.25) is 0 Å². The van der Waals surface area contributed by atoms with Crippen molar-refractivity contribution in [3.8, 4) is 0 Å². The maximum Gasteiger partial charge on any atom is 0.373 e. The zero-order valence-corrected chi connectivity index (χ0v) is 13.8. The lowest BCUT2D eigenvalue weighted by atomic mass is 10.2. The first-order valence-electron chi connectivity index (χ1n) is 7.55. The van der Waals surface area contributed by atoms with Crippen LogP contribution in [-0.2, 0) is 24.8 Å². The molecule has 0 amide bonds. The minimum Gasteiger partial charge on any atom is -0.460 e. The molecule has 4 nitrogen and oxygen atoms in total. The number of hydrogen-bond acceptors (Lipinski definition) is 5. The minimum absolute atomic E-state index is 0.171. The second-order valence-electron chi connectivity index (χ2n) is 4.82. The number of carbonyl (C=O) groups is 1. The molecule has 0 unspecified atom stereocenters. The van der Waals surface area contributed by atoms with Crippen molar-refractivity contribution in [3.63, 3.8) is 0 Å². The molecule has 0 aliphatic carbocycles. The smallest absolute Gasteiger partial charge is 0.373 e. The minimum atomic E-state index is -0.419. The number of benzene rings is 1. The van der Waals surface area contributed by atoms with Gasteiger partial charge in [0.15, 0.2) is 0 Å². The van der Waals surface area contributed by atoms with Gasteiger partial charge in [-0.1, -0.05) is 30.3 Å². The molecule has 1 aromatic rings. The SMILES string of the molecule is CCOC(=O)C1=C[C@H](SCc2ccccc2)C[C@H](OCC)O1. The molecular formula is C17H22O4S. The van der Waals surface area contributed by atoms with Gasteiger partial charge in [0.25, 0.3) is 0 Å². The standard InChI is InChI=1S/C17H22O4S/c1-3-19-16-11-14(10-15(21-16)17(18)20-4-2)22-12-13-8-6-5-7-9-13/h5-10,14,16H,3-4,11-12H2,1-2H3/t14-,16+/m0/s1. The summed E-state index contributed by atoms with van der Waals surface area (Å²) in [5, 5.41) is 0.171. The van der Waals surface area contributed by atoms with Crippen LogP contribution in [0.5, 0.6) is 0 Å². The van der Waals surface area contributed by atoms with Crippen LogP contribution in [0, 0.1) is 0 Å². The third kappa shape index (κ3) is 5.07. The van der Waals surface area contributed by atoms with Crippen LogP contribution in [0.2, 0.25) is 0 Å². The molecule has 1 heterocycles. The van der Waals surface area contributed by atoms with Crippen LogP contribution in [0.4, 0.5) is 0 Å². The summed E-state index contributed by atoms with van der Waals surface area (Å²) < 4.78 is 16.1. The Kier molecular flexibility index (Phi) is 6.80. The van der Waals surface area contributed by atoms with Gasteiger partial charge < -0.3 is 14.2 Å². The fraction of sp³-hybridized carbons (Fsp3) is 0.471. The Hall–Kier alpha value is -1.46. The van der Waals surface area contributed by atoms with Gasteiger partial charge >= 0.3 is 5.97 Å². The highest BCUT2D eigenvalue weighted by atomic mass is 32.2. The summed E-state index contributed by atoms with van der Waals surface area (Å²) in [6, 6.07) is 10.3. The first kappa shape index (κ1) is 16.9. The van der Waals surface area contributed by atoms with Crippen LogP contribution >= 0.6 is 11.8 Å². The lowest BCUT2D eigenvalue weighted by molar-refractivity contribution is -0.158. The molecule has 0 aromatic heterocycles. The van der Waals surface area contributed by atoms with Gasteiger partial charge in [0.2, 0.25) is 12.0 Å². The first-order valence-corrected chi connectivity index (χ1v) is 8.60. The summed E-state index contributed by atoms with van der Waals surface area (Å²) in [4.78, 5) is 11.9. The van der Waals surface area contributed by atoms with Crippen LogP contribution in [0.15, 0.2) is 42.2 Å². The van der Waals surface area contributed by atoms with Gasteiger partial charge in [-0.2, -0.15) is 0 Å². The second-order valence-corrected chi connectivity index (χ2v) is 6.05. The number of thioether (sulfide) groups is 1. The van der Waals surface area contributed by atoms with E-state index in [-0.39, 0.29) is 17.3 Å². The van der Waals surface area contributed by atoms with E-state index in [1.165, 1.54) is 5.56 Å². The molecule has 1 aromatic carbocycles. The third-order valence-electron chi connectivity index (χ3n) is 3.16. The fourth-order valence-electron chi connectivity index (χ4n) is 2.16. The lowest BCUT2D eigenvalue weighted by Gasteiger charge is -2.28. The third-order valence-corrected chi connectivity index (χ3v) is 4.41. The Morgan fingerprint density at radius 1 is 1.27 bits per heavy atom. The summed E-state index contributed by atoms with van der Waals surface area (Å²) in [6.07, 6.45) is 2.19. The average Bonchev–Trinajstić information content (AvgIpc) is 2.54. The van der Waals surface area contributed by atoms with Gasteiger partial charge in [0.05, 0.1) is 6.61 Å². The van der Waals surface area contributed by atoms with Gasteiger partial charge in [0, 0.05) is 24.0 Å². The second kappa shape index (κ2) is 8.86. The molecule has 0 saturated heterocycles. The Morgan fingerprint density at radius 2 is 2.05 bits per heavy atom. The Morgan fingerprint density at radius 3 is 2.73 bits per heavy atom. The largest absolute Gasteiger partial charge is 0.460 e. The highest BCUT2D eigenvalue weighted by Gasteiger charge is 2.28. The molecule has 2 rings (SSSR count). The number of rotatable bonds is 7. The van der Waals surface area contributed by atoms with E-state index in [2.05, 4.69) is 12.1 Å². The van der Waals surface area contributed by atoms with Crippen LogP contribution < -0.4 is 0 Å². The molecule has 1 aliphatic rings. The van der Waals surface area contributed by atoms with Crippen LogP contribution in [0.3, 0.4) is 0 Å². The normalized spacial score (nSPS) is 20.9. The van der Waals surface area contributed by atoms with Crippen molar-refractivity contribution in [2.75, 3.05) is 13.2 Å². The van der Waals surface area contributed by atoms with E-state index < -0.39 is 5.97 Å². The van der Waals surface area contributed by atoms with Crippen molar-refractivity contribution < 1.29 is 19.0 Å². The molecule has 0 radical (unpaired) electrons. The Labute approximate surface area is 135 Å². The molecule has 0 saturated carbocycles. The maximum atomic E-state index is 11.9. The highest BCUT2D eigenvalue weighted by Crippen LogP contribution is 2.30. The topological polar surface area (TPSA) is 44.8 Å². The van der Waals surface area contributed by atoms with E-state index in [1.54, 1.807) is 18.7 Å². The summed E-state index contributed by atoms with van der Waals surface area (Å²) in [5.74, 6) is 0.728. The van der Waals surface area contributed by atoms with Crippen molar-refractivity contribution in [2.45, 2.75) is 37.6 Å². The summed E-state index contributed by atoms with van der Waals surface area (Å²) in [5.41, 5.74) is 1.26. The van der Waals surface area contributed by atoms with Crippen LogP contribution in [0.25, 0.3) is 0 Å².